The minimum Gasteiger partial charge on any atom is -0.378 e. The van der Waals surface area contributed by atoms with Gasteiger partial charge >= 0.3 is 0 Å². The van der Waals surface area contributed by atoms with Crippen LogP contribution in [-0.2, 0) is 4.74 Å². The molecule has 3 heterocycles. The molecule has 0 radical (unpaired) electrons. The Hall–Kier alpha value is -2.14. The standard InChI is InChI=1S/C14H14N4O/c1-2-4-11-10(3-1)12-13(17-11)15-9-16-14(12)18-5-7-19-8-6-18/h1-4,9H,5-8H2,(H,15,16,17). The predicted molar refractivity (Wildman–Crippen MR) is 74.4 cm³/mol. The summed E-state index contributed by atoms with van der Waals surface area (Å²) >= 11 is 0. The van der Waals surface area contributed by atoms with E-state index in [1.54, 1.807) is 6.33 Å². The van der Waals surface area contributed by atoms with E-state index in [4.69, 9.17) is 4.74 Å². The largest absolute Gasteiger partial charge is 0.378 e. The second-order valence-corrected chi connectivity index (χ2v) is 4.69. The van der Waals surface area contributed by atoms with Gasteiger partial charge in [-0.25, -0.2) is 9.97 Å². The van der Waals surface area contributed by atoms with Gasteiger partial charge in [-0.3, -0.25) is 0 Å². The van der Waals surface area contributed by atoms with Crippen LogP contribution in [0.5, 0.6) is 0 Å². The summed E-state index contributed by atoms with van der Waals surface area (Å²) < 4.78 is 5.41. The highest BCUT2D eigenvalue weighted by Crippen LogP contribution is 2.30. The minimum atomic E-state index is 0.758. The molecular weight excluding hydrogens is 240 g/mol. The molecule has 1 aromatic carbocycles. The van der Waals surface area contributed by atoms with Gasteiger partial charge in [0.1, 0.15) is 17.8 Å². The molecule has 5 heteroatoms. The number of para-hydroxylation sites is 1. The van der Waals surface area contributed by atoms with Gasteiger partial charge in [-0.2, -0.15) is 0 Å². The number of benzene rings is 1. The molecular formula is C14H14N4O. The summed E-state index contributed by atoms with van der Waals surface area (Å²) in [4.78, 5) is 14.5. The number of aromatic amines is 1. The number of H-pyrrole nitrogens is 1. The van der Waals surface area contributed by atoms with Crippen LogP contribution >= 0.6 is 0 Å². The zero-order chi connectivity index (χ0) is 12.7. The lowest BCUT2D eigenvalue weighted by atomic mass is 10.2. The number of rotatable bonds is 1. The van der Waals surface area contributed by atoms with Gasteiger partial charge in [0, 0.05) is 24.0 Å². The monoisotopic (exact) mass is 254 g/mol. The van der Waals surface area contributed by atoms with Gasteiger partial charge in [0.05, 0.1) is 18.6 Å². The molecule has 0 amide bonds. The van der Waals surface area contributed by atoms with E-state index in [0.717, 1.165) is 48.7 Å². The van der Waals surface area contributed by atoms with Crippen LogP contribution in [0.4, 0.5) is 5.82 Å². The summed E-state index contributed by atoms with van der Waals surface area (Å²) in [5.74, 6) is 1.01. The number of nitrogens with one attached hydrogen (secondary N) is 1. The Labute approximate surface area is 110 Å². The van der Waals surface area contributed by atoms with Crippen molar-refractivity contribution in [1.29, 1.82) is 0 Å². The van der Waals surface area contributed by atoms with Gasteiger partial charge in [-0.15, -0.1) is 0 Å². The Balaban J connectivity index is 1.98. The van der Waals surface area contributed by atoms with Crippen LogP contribution in [0.15, 0.2) is 30.6 Å². The first kappa shape index (κ1) is 10.8. The molecule has 0 aliphatic carbocycles. The van der Waals surface area contributed by atoms with Crippen LogP contribution in [0.25, 0.3) is 21.9 Å². The molecule has 1 saturated heterocycles. The highest BCUT2D eigenvalue weighted by atomic mass is 16.5. The minimum absolute atomic E-state index is 0.758. The number of aromatic nitrogens is 3. The lowest BCUT2D eigenvalue weighted by molar-refractivity contribution is 0.122. The van der Waals surface area contributed by atoms with Crippen LogP contribution in [0.1, 0.15) is 0 Å². The highest BCUT2D eigenvalue weighted by Gasteiger charge is 2.18. The lowest BCUT2D eigenvalue weighted by Gasteiger charge is -2.28. The molecule has 96 valence electrons. The molecule has 5 nitrogen and oxygen atoms in total. The van der Waals surface area contributed by atoms with E-state index in [0.29, 0.717) is 0 Å². The summed E-state index contributed by atoms with van der Waals surface area (Å²) in [5.41, 5.74) is 2.00. The van der Waals surface area contributed by atoms with Crippen molar-refractivity contribution in [3.8, 4) is 0 Å². The quantitative estimate of drug-likeness (QED) is 0.721. The van der Waals surface area contributed by atoms with Gasteiger partial charge in [-0.05, 0) is 6.07 Å². The number of ether oxygens (including phenoxy) is 1. The number of nitrogens with zero attached hydrogens (tertiary/aromatic N) is 3. The zero-order valence-electron chi connectivity index (χ0n) is 10.5. The average Bonchev–Trinajstić information content (AvgIpc) is 2.86. The molecule has 19 heavy (non-hydrogen) atoms. The van der Waals surface area contributed by atoms with Gasteiger partial charge in [0.2, 0.25) is 0 Å². The van der Waals surface area contributed by atoms with E-state index in [9.17, 15) is 0 Å². The van der Waals surface area contributed by atoms with E-state index >= 15 is 0 Å². The Bertz CT molecular complexity index is 730. The van der Waals surface area contributed by atoms with Gasteiger partial charge < -0.3 is 14.6 Å². The first-order valence-corrected chi connectivity index (χ1v) is 6.47. The number of fused-ring (bicyclic) bond motifs is 3. The maximum Gasteiger partial charge on any atom is 0.143 e. The normalized spacial score (nSPS) is 16.3. The van der Waals surface area contributed by atoms with Gasteiger partial charge in [0.25, 0.3) is 0 Å². The van der Waals surface area contributed by atoms with Crippen LogP contribution in [0, 0.1) is 0 Å². The molecule has 1 aliphatic rings. The Morgan fingerprint density at radius 2 is 1.95 bits per heavy atom. The van der Waals surface area contributed by atoms with Crippen molar-refractivity contribution in [2.45, 2.75) is 0 Å². The molecule has 3 aromatic rings. The number of hydrogen-bond acceptors (Lipinski definition) is 4. The van der Waals surface area contributed by atoms with Crippen molar-refractivity contribution in [1.82, 2.24) is 15.0 Å². The zero-order valence-corrected chi connectivity index (χ0v) is 10.5. The molecule has 0 bridgehead atoms. The fourth-order valence-corrected chi connectivity index (χ4v) is 2.67. The van der Waals surface area contributed by atoms with Gasteiger partial charge in [0.15, 0.2) is 0 Å². The van der Waals surface area contributed by atoms with Crippen LogP contribution in [-0.4, -0.2) is 41.3 Å². The lowest BCUT2D eigenvalue weighted by Crippen LogP contribution is -2.36. The Kier molecular flexibility index (Phi) is 2.38. The smallest absolute Gasteiger partial charge is 0.143 e. The molecule has 0 atom stereocenters. The molecule has 0 unspecified atom stereocenters. The van der Waals surface area contributed by atoms with Crippen molar-refractivity contribution in [3.05, 3.63) is 30.6 Å². The fraction of sp³-hybridized carbons (Fsp3) is 0.286. The summed E-state index contributed by atoms with van der Waals surface area (Å²) in [6, 6.07) is 8.26. The second kappa shape index (κ2) is 4.20. The third-order valence-corrected chi connectivity index (χ3v) is 3.59. The molecule has 1 aliphatic heterocycles. The summed E-state index contributed by atoms with van der Waals surface area (Å²) in [6.07, 6.45) is 1.63. The molecule has 2 aromatic heterocycles. The van der Waals surface area contributed by atoms with Crippen molar-refractivity contribution in [2.24, 2.45) is 0 Å². The van der Waals surface area contributed by atoms with Crippen molar-refractivity contribution < 1.29 is 4.74 Å². The summed E-state index contributed by atoms with van der Waals surface area (Å²) in [7, 11) is 0. The number of hydrogen-bond donors (Lipinski definition) is 1. The molecule has 4 rings (SSSR count). The molecule has 1 N–H and O–H groups in total. The molecule has 0 saturated carbocycles. The molecule has 0 spiro atoms. The summed E-state index contributed by atoms with van der Waals surface area (Å²) in [6.45, 7) is 3.28. The van der Waals surface area contributed by atoms with E-state index in [2.05, 4.69) is 32.0 Å². The number of morpholine rings is 1. The van der Waals surface area contributed by atoms with Crippen molar-refractivity contribution >= 4 is 27.8 Å². The Morgan fingerprint density at radius 3 is 2.84 bits per heavy atom. The highest BCUT2D eigenvalue weighted by molar-refractivity contribution is 6.11. The predicted octanol–water partition coefficient (Wildman–Crippen LogP) is 1.95. The molecule has 1 fully saturated rings. The third-order valence-electron chi connectivity index (χ3n) is 3.59. The van der Waals surface area contributed by atoms with Crippen molar-refractivity contribution in [3.63, 3.8) is 0 Å². The maximum absolute atomic E-state index is 5.41. The van der Waals surface area contributed by atoms with E-state index in [1.807, 2.05) is 12.1 Å². The second-order valence-electron chi connectivity index (χ2n) is 4.69. The van der Waals surface area contributed by atoms with Gasteiger partial charge in [-0.1, -0.05) is 18.2 Å². The van der Waals surface area contributed by atoms with Crippen LogP contribution < -0.4 is 4.90 Å². The maximum atomic E-state index is 5.41. The van der Waals surface area contributed by atoms with Crippen LogP contribution in [0.3, 0.4) is 0 Å². The third kappa shape index (κ3) is 1.66. The SMILES string of the molecule is c1ccc2c(c1)[nH]c1ncnc(N3CCOCC3)c12. The fourth-order valence-electron chi connectivity index (χ4n) is 2.67. The van der Waals surface area contributed by atoms with E-state index < -0.39 is 0 Å². The summed E-state index contributed by atoms with van der Waals surface area (Å²) in [5, 5.41) is 2.29. The average molecular weight is 254 g/mol. The first-order valence-electron chi connectivity index (χ1n) is 6.47. The topological polar surface area (TPSA) is 54.0 Å². The van der Waals surface area contributed by atoms with E-state index in [1.165, 1.54) is 5.39 Å². The Morgan fingerprint density at radius 1 is 1.11 bits per heavy atom. The van der Waals surface area contributed by atoms with E-state index in [-0.39, 0.29) is 0 Å². The first-order chi connectivity index (χ1) is 9.43. The van der Waals surface area contributed by atoms with Crippen molar-refractivity contribution in [2.75, 3.05) is 31.2 Å². The van der Waals surface area contributed by atoms with Crippen LogP contribution in [0.2, 0.25) is 0 Å². The number of anilines is 1.